The summed E-state index contributed by atoms with van der Waals surface area (Å²) in [6, 6.07) is 7.30. The van der Waals surface area contributed by atoms with Gasteiger partial charge in [0.25, 0.3) is 0 Å². The molecule has 5 nitrogen and oxygen atoms in total. The number of aliphatic hydroxyl groups excluding tert-OH is 1. The number of benzene rings is 1. The van der Waals surface area contributed by atoms with Crippen LogP contribution < -0.4 is 5.73 Å². The van der Waals surface area contributed by atoms with Gasteiger partial charge in [-0.15, -0.1) is 0 Å². The average Bonchev–Trinajstić information content (AvgIpc) is 2.39. The number of primary amides is 1. The van der Waals surface area contributed by atoms with Gasteiger partial charge < -0.3 is 15.6 Å². The molecule has 1 aliphatic rings. The third-order valence-corrected chi connectivity index (χ3v) is 3.16. The summed E-state index contributed by atoms with van der Waals surface area (Å²) in [6.07, 6.45) is 0. The van der Waals surface area contributed by atoms with Gasteiger partial charge in [0.15, 0.2) is 0 Å². The Kier molecular flexibility index (Phi) is 4.30. The van der Waals surface area contributed by atoms with Gasteiger partial charge in [-0.2, -0.15) is 0 Å². The highest BCUT2D eigenvalue weighted by molar-refractivity contribution is 5.92. The smallest absolute Gasteiger partial charge is 0.248 e. The second kappa shape index (κ2) is 5.95. The van der Waals surface area contributed by atoms with Crippen molar-refractivity contribution in [3.05, 3.63) is 35.4 Å². The Labute approximate surface area is 106 Å². The van der Waals surface area contributed by atoms with E-state index in [9.17, 15) is 9.90 Å². The number of rotatable bonds is 4. The number of carbonyl (C=O) groups excluding carboxylic acids is 1. The summed E-state index contributed by atoms with van der Waals surface area (Å²) >= 11 is 0. The van der Waals surface area contributed by atoms with Crippen LogP contribution in [0, 0.1) is 0 Å². The molecule has 2 rings (SSSR count). The number of ether oxygens (including phenoxy) is 1. The van der Waals surface area contributed by atoms with Crippen molar-refractivity contribution in [3.63, 3.8) is 0 Å². The van der Waals surface area contributed by atoms with E-state index >= 15 is 0 Å². The molecule has 1 aromatic carbocycles. The molecule has 1 amide bonds. The number of nitrogens with two attached hydrogens (primary N) is 1. The van der Waals surface area contributed by atoms with Crippen LogP contribution in [0.25, 0.3) is 0 Å². The molecule has 1 unspecified atom stereocenters. The molecule has 98 valence electrons. The number of amides is 1. The van der Waals surface area contributed by atoms with Gasteiger partial charge in [-0.1, -0.05) is 12.1 Å². The molecule has 1 atom stereocenters. The fraction of sp³-hybridized carbons (Fsp3) is 0.462. The maximum Gasteiger partial charge on any atom is 0.248 e. The van der Waals surface area contributed by atoms with E-state index in [1.807, 2.05) is 12.1 Å². The van der Waals surface area contributed by atoms with E-state index < -0.39 is 5.91 Å². The summed E-state index contributed by atoms with van der Waals surface area (Å²) in [5.41, 5.74) is 6.79. The Morgan fingerprint density at radius 1 is 1.56 bits per heavy atom. The lowest BCUT2D eigenvalue weighted by Gasteiger charge is -2.34. The van der Waals surface area contributed by atoms with Crippen LogP contribution in [0.3, 0.4) is 0 Å². The molecule has 1 aromatic rings. The summed E-state index contributed by atoms with van der Waals surface area (Å²) in [5, 5.41) is 9.29. The maximum atomic E-state index is 11.1. The van der Waals surface area contributed by atoms with Crippen molar-refractivity contribution < 1.29 is 14.6 Å². The van der Waals surface area contributed by atoms with E-state index in [1.165, 1.54) is 0 Å². The molecule has 0 spiro atoms. The fourth-order valence-corrected chi connectivity index (χ4v) is 2.12. The molecular weight excluding hydrogens is 232 g/mol. The van der Waals surface area contributed by atoms with E-state index in [-0.39, 0.29) is 12.6 Å². The zero-order chi connectivity index (χ0) is 13.0. The minimum absolute atomic E-state index is 0.0241. The van der Waals surface area contributed by atoms with Crippen molar-refractivity contribution in [2.75, 3.05) is 26.4 Å². The lowest BCUT2D eigenvalue weighted by molar-refractivity contribution is -0.0312. The minimum atomic E-state index is -0.419. The van der Waals surface area contributed by atoms with Crippen molar-refractivity contribution in [3.8, 4) is 0 Å². The third-order valence-electron chi connectivity index (χ3n) is 3.16. The van der Waals surface area contributed by atoms with Crippen LogP contribution >= 0.6 is 0 Å². The molecule has 0 bridgehead atoms. The highest BCUT2D eigenvalue weighted by Crippen LogP contribution is 2.13. The average molecular weight is 250 g/mol. The summed E-state index contributed by atoms with van der Waals surface area (Å²) in [7, 11) is 0. The monoisotopic (exact) mass is 250 g/mol. The topological polar surface area (TPSA) is 75.8 Å². The minimum Gasteiger partial charge on any atom is -0.395 e. The van der Waals surface area contributed by atoms with Crippen molar-refractivity contribution in [2.24, 2.45) is 5.73 Å². The van der Waals surface area contributed by atoms with Crippen LogP contribution in [0.1, 0.15) is 15.9 Å². The zero-order valence-corrected chi connectivity index (χ0v) is 10.2. The first-order valence-electron chi connectivity index (χ1n) is 6.02. The van der Waals surface area contributed by atoms with E-state index in [0.717, 1.165) is 12.1 Å². The second-order valence-electron chi connectivity index (χ2n) is 4.45. The van der Waals surface area contributed by atoms with Crippen LogP contribution in [-0.4, -0.2) is 48.3 Å². The van der Waals surface area contributed by atoms with Crippen molar-refractivity contribution in [2.45, 2.75) is 12.6 Å². The standard InChI is InChI=1S/C13H18N2O3/c14-13(17)11-3-1-2-10(6-11)7-15-4-5-18-9-12(15)8-16/h1-3,6,12,16H,4-5,7-9H2,(H2,14,17). The van der Waals surface area contributed by atoms with Gasteiger partial charge in [0.05, 0.1) is 25.9 Å². The highest BCUT2D eigenvalue weighted by atomic mass is 16.5. The summed E-state index contributed by atoms with van der Waals surface area (Å²) in [6.45, 7) is 2.77. The number of nitrogens with zero attached hydrogens (tertiary/aromatic N) is 1. The lowest BCUT2D eigenvalue weighted by Crippen LogP contribution is -2.46. The summed E-state index contributed by atoms with van der Waals surface area (Å²) in [5.74, 6) is -0.419. The molecule has 1 fully saturated rings. The van der Waals surface area contributed by atoms with Crippen LogP contribution in [0.15, 0.2) is 24.3 Å². The molecule has 5 heteroatoms. The van der Waals surface area contributed by atoms with Crippen LogP contribution in [0.4, 0.5) is 0 Å². The van der Waals surface area contributed by atoms with Crippen LogP contribution in [0.5, 0.6) is 0 Å². The Balaban J connectivity index is 2.07. The van der Waals surface area contributed by atoms with Gasteiger partial charge in [0.2, 0.25) is 5.91 Å². The first kappa shape index (κ1) is 13.0. The van der Waals surface area contributed by atoms with Gasteiger partial charge in [0, 0.05) is 18.7 Å². The SMILES string of the molecule is NC(=O)c1cccc(CN2CCOCC2CO)c1. The molecule has 1 aliphatic heterocycles. The second-order valence-corrected chi connectivity index (χ2v) is 4.45. The van der Waals surface area contributed by atoms with Crippen molar-refractivity contribution in [1.82, 2.24) is 4.90 Å². The zero-order valence-electron chi connectivity index (χ0n) is 10.2. The van der Waals surface area contributed by atoms with E-state index in [2.05, 4.69) is 4.90 Å². The number of hydrogen-bond donors (Lipinski definition) is 2. The van der Waals surface area contributed by atoms with Gasteiger partial charge in [-0.3, -0.25) is 9.69 Å². The largest absolute Gasteiger partial charge is 0.395 e. The Morgan fingerprint density at radius 2 is 2.39 bits per heavy atom. The Hall–Kier alpha value is -1.43. The lowest BCUT2D eigenvalue weighted by atomic mass is 10.1. The van der Waals surface area contributed by atoms with Gasteiger partial charge in [-0.25, -0.2) is 0 Å². The summed E-state index contributed by atoms with van der Waals surface area (Å²) in [4.78, 5) is 13.3. The number of aliphatic hydroxyl groups is 1. The normalized spacial score (nSPS) is 20.8. The first-order chi connectivity index (χ1) is 8.70. The van der Waals surface area contributed by atoms with Crippen LogP contribution in [-0.2, 0) is 11.3 Å². The van der Waals surface area contributed by atoms with Gasteiger partial charge >= 0.3 is 0 Å². The van der Waals surface area contributed by atoms with Crippen LogP contribution in [0.2, 0.25) is 0 Å². The first-order valence-corrected chi connectivity index (χ1v) is 6.02. The van der Waals surface area contributed by atoms with Gasteiger partial charge in [0.1, 0.15) is 0 Å². The molecule has 0 radical (unpaired) electrons. The van der Waals surface area contributed by atoms with Crippen molar-refractivity contribution in [1.29, 1.82) is 0 Å². The van der Waals surface area contributed by atoms with E-state index in [0.29, 0.717) is 25.3 Å². The quantitative estimate of drug-likeness (QED) is 0.787. The van der Waals surface area contributed by atoms with Crippen molar-refractivity contribution >= 4 is 5.91 Å². The Morgan fingerprint density at radius 3 is 3.11 bits per heavy atom. The van der Waals surface area contributed by atoms with Gasteiger partial charge in [-0.05, 0) is 17.7 Å². The predicted octanol–water partition coefficient (Wildman–Crippen LogP) is -0.0214. The van der Waals surface area contributed by atoms with E-state index in [4.69, 9.17) is 10.5 Å². The molecule has 1 heterocycles. The summed E-state index contributed by atoms with van der Waals surface area (Å²) < 4.78 is 5.33. The maximum absolute atomic E-state index is 11.1. The molecular formula is C13H18N2O3. The van der Waals surface area contributed by atoms with E-state index in [1.54, 1.807) is 12.1 Å². The highest BCUT2D eigenvalue weighted by Gasteiger charge is 2.22. The molecule has 0 saturated carbocycles. The third kappa shape index (κ3) is 3.07. The molecule has 18 heavy (non-hydrogen) atoms. The Bertz CT molecular complexity index is 422. The number of hydrogen-bond acceptors (Lipinski definition) is 4. The molecule has 0 aromatic heterocycles. The number of morpholine rings is 1. The molecule has 1 saturated heterocycles. The predicted molar refractivity (Wildman–Crippen MR) is 67.1 cm³/mol. The number of carbonyl (C=O) groups is 1. The molecule has 3 N–H and O–H groups in total. The fourth-order valence-electron chi connectivity index (χ4n) is 2.12. The molecule has 0 aliphatic carbocycles.